The van der Waals surface area contributed by atoms with Crippen LogP contribution >= 0.6 is 0 Å². The molecule has 3 nitrogen and oxygen atoms in total. The van der Waals surface area contributed by atoms with Gasteiger partial charge in [-0.25, -0.2) is 4.98 Å². The number of hydrogen-bond donors (Lipinski definition) is 2. The number of hydrogen-bond acceptors (Lipinski definition) is 2. The maximum absolute atomic E-state index is 12.8. The van der Waals surface area contributed by atoms with Gasteiger partial charge in [0, 0.05) is 11.3 Å². The third kappa shape index (κ3) is 2.44. The number of alkyl halides is 3. The second-order valence-corrected chi connectivity index (χ2v) is 4.91. The number of benzene rings is 2. The number of imidazole rings is 1. The minimum atomic E-state index is -4.41. The van der Waals surface area contributed by atoms with Gasteiger partial charge in [0.25, 0.3) is 0 Å². The molecule has 0 bridgehead atoms. The van der Waals surface area contributed by atoms with Crippen LogP contribution in [0.4, 0.5) is 18.9 Å². The number of nitrogens with zero attached hydrogens (tertiary/aromatic N) is 1. The highest BCUT2D eigenvalue weighted by Crippen LogP contribution is 2.34. The number of fused-ring (bicyclic) bond motifs is 1. The molecule has 0 atom stereocenters. The molecule has 0 aliphatic carbocycles. The van der Waals surface area contributed by atoms with Crippen LogP contribution in [0.1, 0.15) is 11.1 Å². The Hall–Kier alpha value is -2.50. The average molecular weight is 291 g/mol. The highest BCUT2D eigenvalue weighted by atomic mass is 19.4. The van der Waals surface area contributed by atoms with Crippen molar-refractivity contribution in [1.29, 1.82) is 0 Å². The molecule has 108 valence electrons. The van der Waals surface area contributed by atoms with Crippen molar-refractivity contribution in [2.24, 2.45) is 0 Å². The molecule has 21 heavy (non-hydrogen) atoms. The molecule has 0 spiro atoms. The molecule has 3 rings (SSSR count). The standard InChI is InChI=1S/C15H12F3N3/c1-8-2-5-12-13(6-8)21-14(20-12)10-7-9(15(16,17)18)3-4-11(10)19/h2-7H,19H2,1H3,(H,20,21). The van der Waals surface area contributed by atoms with Crippen LogP contribution < -0.4 is 5.73 Å². The summed E-state index contributed by atoms with van der Waals surface area (Å²) in [6.07, 6.45) is -4.41. The van der Waals surface area contributed by atoms with Gasteiger partial charge in [0.05, 0.1) is 16.6 Å². The second-order valence-electron chi connectivity index (χ2n) is 4.91. The van der Waals surface area contributed by atoms with Crippen LogP contribution in [0.15, 0.2) is 36.4 Å². The Morgan fingerprint density at radius 3 is 2.57 bits per heavy atom. The molecular formula is C15H12F3N3. The van der Waals surface area contributed by atoms with E-state index in [9.17, 15) is 13.2 Å². The molecule has 0 saturated carbocycles. The lowest BCUT2D eigenvalue weighted by Gasteiger charge is -2.09. The van der Waals surface area contributed by atoms with E-state index in [0.717, 1.165) is 23.2 Å². The number of nitrogen functional groups attached to an aromatic ring is 1. The third-order valence-electron chi connectivity index (χ3n) is 3.27. The molecule has 1 heterocycles. The predicted octanol–water partition coefficient (Wildman–Crippen LogP) is 4.14. The topological polar surface area (TPSA) is 54.7 Å². The Morgan fingerprint density at radius 2 is 1.86 bits per heavy atom. The van der Waals surface area contributed by atoms with Crippen molar-refractivity contribution in [3.8, 4) is 11.4 Å². The van der Waals surface area contributed by atoms with E-state index in [0.29, 0.717) is 11.3 Å². The summed E-state index contributed by atoms with van der Waals surface area (Å²) in [5, 5.41) is 0. The first kappa shape index (κ1) is 13.5. The SMILES string of the molecule is Cc1ccc2nc(-c3cc(C(F)(F)F)ccc3N)[nH]c2c1. The number of anilines is 1. The molecule has 2 aromatic carbocycles. The summed E-state index contributed by atoms with van der Waals surface area (Å²) < 4.78 is 38.4. The van der Waals surface area contributed by atoms with Crippen molar-refractivity contribution in [1.82, 2.24) is 9.97 Å². The zero-order valence-corrected chi connectivity index (χ0v) is 11.1. The van der Waals surface area contributed by atoms with Gasteiger partial charge in [0.15, 0.2) is 0 Å². The highest BCUT2D eigenvalue weighted by molar-refractivity contribution is 5.83. The van der Waals surface area contributed by atoms with Gasteiger partial charge in [0.2, 0.25) is 0 Å². The fourth-order valence-corrected chi connectivity index (χ4v) is 2.19. The van der Waals surface area contributed by atoms with Crippen LogP contribution in [0.5, 0.6) is 0 Å². The summed E-state index contributed by atoms with van der Waals surface area (Å²) in [6.45, 7) is 1.93. The van der Waals surface area contributed by atoms with Crippen molar-refractivity contribution < 1.29 is 13.2 Å². The maximum atomic E-state index is 12.8. The van der Waals surface area contributed by atoms with Crippen molar-refractivity contribution in [3.63, 3.8) is 0 Å². The molecule has 0 radical (unpaired) electrons. The van der Waals surface area contributed by atoms with E-state index < -0.39 is 11.7 Å². The summed E-state index contributed by atoms with van der Waals surface area (Å²) in [7, 11) is 0. The number of halogens is 3. The van der Waals surface area contributed by atoms with Crippen LogP contribution in [0, 0.1) is 6.92 Å². The molecule has 0 aliphatic heterocycles. The fraction of sp³-hybridized carbons (Fsp3) is 0.133. The maximum Gasteiger partial charge on any atom is 0.416 e. The quantitative estimate of drug-likeness (QED) is 0.662. The molecule has 0 unspecified atom stereocenters. The molecule has 0 aliphatic rings. The first-order chi connectivity index (χ1) is 9.84. The lowest BCUT2D eigenvalue weighted by molar-refractivity contribution is -0.137. The number of rotatable bonds is 1. The lowest BCUT2D eigenvalue weighted by atomic mass is 10.1. The van der Waals surface area contributed by atoms with Gasteiger partial charge in [-0.05, 0) is 42.8 Å². The van der Waals surface area contributed by atoms with E-state index in [1.807, 2.05) is 25.1 Å². The Bertz CT molecular complexity index is 819. The van der Waals surface area contributed by atoms with Crippen LogP contribution in [-0.2, 0) is 6.18 Å². The molecule has 3 N–H and O–H groups in total. The zero-order chi connectivity index (χ0) is 15.2. The van der Waals surface area contributed by atoms with Crippen LogP contribution in [0.25, 0.3) is 22.4 Å². The first-order valence-corrected chi connectivity index (χ1v) is 6.28. The highest BCUT2D eigenvalue weighted by Gasteiger charge is 2.31. The van der Waals surface area contributed by atoms with Gasteiger partial charge >= 0.3 is 6.18 Å². The van der Waals surface area contributed by atoms with Crippen LogP contribution in [0.2, 0.25) is 0 Å². The van der Waals surface area contributed by atoms with Gasteiger partial charge in [-0.15, -0.1) is 0 Å². The molecule has 6 heteroatoms. The van der Waals surface area contributed by atoms with Crippen molar-refractivity contribution in [2.45, 2.75) is 13.1 Å². The summed E-state index contributed by atoms with van der Waals surface area (Å²) >= 11 is 0. The second kappa shape index (κ2) is 4.51. The minimum Gasteiger partial charge on any atom is -0.398 e. The molecule has 0 fully saturated rings. The van der Waals surface area contributed by atoms with Crippen molar-refractivity contribution in [2.75, 3.05) is 5.73 Å². The van der Waals surface area contributed by atoms with Crippen LogP contribution in [0.3, 0.4) is 0 Å². The Kier molecular flexibility index (Phi) is 2.90. The largest absolute Gasteiger partial charge is 0.416 e. The van der Waals surface area contributed by atoms with Gasteiger partial charge in [-0.3, -0.25) is 0 Å². The zero-order valence-electron chi connectivity index (χ0n) is 11.1. The average Bonchev–Trinajstić information content (AvgIpc) is 2.80. The summed E-state index contributed by atoms with van der Waals surface area (Å²) in [6, 6.07) is 8.81. The van der Waals surface area contributed by atoms with Gasteiger partial charge < -0.3 is 10.7 Å². The van der Waals surface area contributed by atoms with E-state index in [4.69, 9.17) is 5.73 Å². The monoisotopic (exact) mass is 291 g/mol. The number of nitrogens with one attached hydrogen (secondary N) is 1. The van der Waals surface area contributed by atoms with Crippen molar-refractivity contribution >= 4 is 16.7 Å². The number of aromatic nitrogens is 2. The molecule has 0 amide bonds. The number of nitrogens with two attached hydrogens (primary N) is 1. The lowest BCUT2D eigenvalue weighted by Crippen LogP contribution is -2.06. The smallest absolute Gasteiger partial charge is 0.398 e. The molecule has 0 saturated heterocycles. The van der Waals surface area contributed by atoms with E-state index in [1.165, 1.54) is 6.07 Å². The summed E-state index contributed by atoms with van der Waals surface area (Å²) in [4.78, 5) is 7.32. The Labute approximate surface area is 118 Å². The number of H-pyrrole nitrogens is 1. The van der Waals surface area contributed by atoms with Crippen molar-refractivity contribution in [3.05, 3.63) is 47.5 Å². The Balaban J connectivity index is 2.17. The van der Waals surface area contributed by atoms with E-state index in [1.54, 1.807) is 0 Å². The summed E-state index contributed by atoms with van der Waals surface area (Å²) in [5.41, 5.74) is 8.03. The van der Waals surface area contributed by atoms with Crippen LogP contribution in [-0.4, -0.2) is 9.97 Å². The number of aryl methyl sites for hydroxylation is 1. The summed E-state index contributed by atoms with van der Waals surface area (Å²) in [5.74, 6) is 0.333. The minimum absolute atomic E-state index is 0.249. The first-order valence-electron chi connectivity index (χ1n) is 6.28. The van der Waals surface area contributed by atoms with Gasteiger partial charge in [-0.1, -0.05) is 6.07 Å². The number of aromatic amines is 1. The molecule has 1 aromatic heterocycles. The Morgan fingerprint density at radius 1 is 1.10 bits per heavy atom. The molecule has 3 aromatic rings. The van der Waals surface area contributed by atoms with Gasteiger partial charge in [0.1, 0.15) is 5.82 Å². The fourth-order valence-electron chi connectivity index (χ4n) is 2.19. The predicted molar refractivity (Wildman–Crippen MR) is 75.7 cm³/mol. The normalized spacial score (nSPS) is 12.0. The molecular weight excluding hydrogens is 279 g/mol. The van der Waals surface area contributed by atoms with E-state index in [2.05, 4.69) is 9.97 Å². The van der Waals surface area contributed by atoms with E-state index in [-0.39, 0.29) is 11.3 Å². The van der Waals surface area contributed by atoms with Gasteiger partial charge in [-0.2, -0.15) is 13.2 Å². The van der Waals surface area contributed by atoms with E-state index >= 15 is 0 Å². The third-order valence-corrected chi connectivity index (χ3v) is 3.27.